The quantitative estimate of drug-likeness (QED) is 0.673. The van der Waals surface area contributed by atoms with Crippen molar-refractivity contribution in [2.24, 2.45) is 0 Å². The summed E-state index contributed by atoms with van der Waals surface area (Å²) in [4.78, 5) is 29.0. The summed E-state index contributed by atoms with van der Waals surface area (Å²) in [7, 11) is 0. The number of pyridine rings is 1. The molecule has 0 saturated carbocycles. The summed E-state index contributed by atoms with van der Waals surface area (Å²) in [5.41, 5.74) is -0.412. The third-order valence-corrected chi connectivity index (χ3v) is 3.75. The Kier molecular flexibility index (Phi) is 4.85. The first kappa shape index (κ1) is 16.8. The number of carbonyl (C=O) groups is 1. The zero-order chi connectivity index (χ0) is 17.8. The minimum Gasteiger partial charge on any atom is -0.378 e. The van der Waals surface area contributed by atoms with Crippen molar-refractivity contribution in [3.63, 3.8) is 0 Å². The molecular weight excluding hydrogens is 331 g/mol. The highest BCUT2D eigenvalue weighted by Crippen LogP contribution is 2.26. The van der Waals surface area contributed by atoms with Crippen LogP contribution >= 0.6 is 0 Å². The zero-order valence-corrected chi connectivity index (χ0v) is 13.1. The molecule has 3 rings (SSSR count). The Morgan fingerprint density at radius 3 is 2.80 bits per heavy atom. The number of amides is 1. The smallest absolute Gasteiger partial charge is 0.282 e. The Hall–Kier alpha value is -3.07. The van der Waals surface area contributed by atoms with Gasteiger partial charge in [-0.1, -0.05) is 0 Å². The lowest BCUT2D eigenvalue weighted by Gasteiger charge is -2.29. The third kappa shape index (κ3) is 3.72. The molecule has 0 radical (unpaired) electrons. The summed E-state index contributed by atoms with van der Waals surface area (Å²) in [6, 6.07) is 6.03. The summed E-state index contributed by atoms with van der Waals surface area (Å²) in [5, 5.41) is 13.7. The molecule has 1 aromatic heterocycles. The van der Waals surface area contributed by atoms with Gasteiger partial charge in [-0.25, -0.2) is 9.37 Å². The Balaban J connectivity index is 1.89. The first-order chi connectivity index (χ1) is 12.1. The van der Waals surface area contributed by atoms with Crippen molar-refractivity contribution in [1.29, 1.82) is 0 Å². The van der Waals surface area contributed by atoms with Crippen LogP contribution in [0.4, 0.5) is 21.6 Å². The van der Waals surface area contributed by atoms with Crippen molar-refractivity contribution in [3.8, 4) is 0 Å². The number of nitro benzene ring substituents is 1. The minimum absolute atomic E-state index is 0.346. The Bertz CT molecular complexity index is 808. The molecule has 0 bridgehead atoms. The van der Waals surface area contributed by atoms with Crippen LogP contribution in [0.25, 0.3) is 0 Å². The highest BCUT2D eigenvalue weighted by Gasteiger charge is 2.23. The molecule has 130 valence electrons. The second-order valence-corrected chi connectivity index (χ2v) is 5.35. The van der Waals surface area contributed by atoms with E-state index in [1.807, 2.05) is 4.90 Å². The molecule has 0 aliphatic carbocycles. The maximum atomic E-state index is 13.4. The molecule has 0 spiro atoms. The van der Waals surface area contributed by atoms with Crippen LogP contribution in [0.1, 0.15) is 10.4 Å². The molecule has 1 amide bonds. The summed E-state index contributed by atoms with van der Waals surface area (Å²) < 4.78 is 18.7. The lowest BCUT2D eigenvalue weighted by molar-refractivity contribution is -0.385. The average Bonchev–Trinajstić information content (AvgIpc) is 2.62. The van der Waals surface area contributed by atoms with Gasteiger partial charge in [0.1, 0.15) is 11.4 Å². The van der Waals surface area contributed by atoms with Crippen LogP contribution in [0.5, 0.6) is 0 Å². The number of halogens is 1. The van der Waals surface area contributed by atoms with E-state index < -0.39 is 22.3 Å². The van der Waals surface area contributed by atoms with Crippen molar-refractivity contribution < 1.29 is 18.8 Å². The predicted molar refractivity (Wildman–Crippen MR) is 88.3 cm³/mol. The van der Waals surface area contributed by atoms with Gasteiger partial charge in [0, 0.05) is 25.4 Å². The van der Waals surface area contributed by atoms with Crippen molar-refractivity contribution in [2.45, 2.75) is 0 Å². The van der Waals surface area contributed by atoms with Gasteiger partial charge in [0.15, 0.2) is 5.82 Å². The van der Waals surface area contributed by atoms with Crippen molar-refractivity contribution >= 4 is 23.1 Å². The summed E-state index contributed by atoms with van der Waals surface area (Å²) in [6.07, 6.45) is 1.59. The number of aromatic nitrogens is 1. The number of nitrogens with one attached hydrogen (secondary N) is 1. The number of ether oxygens (including phenoxy) is 1. The van der Waals surface area contributed by atoms with Crippen molar-refractivity contribution in [3.05, 3.63) is 58.0 Å². The molecule has 1 aliphatic heterocycles. The fourth-order valence-corrected chi connectivity index (χ4v) is 2.56. The van der Waals surface area contributed by atoms with E-state index in [1.165, 1.54) is 0 Å². The Labute approximate surface area is 142 Å². The largest absolute Gasteiger partial charge is 0.378 e. The van der Waals surface area contributed by atoms with Gasteiger partial charge >= 0.3 is 0 Å². The Morgan fingerprint density at radius 2 is 2.08 bits per heavy atom. The molecular formula is C16H15FN4O4. The minimum atomic E-state index is -0.770. The number of nitrogens with zero attached hydrogens (tertiary/aromatic N) is 3. The van der Waals surface area contributed by atoms with Gasteiger partial charge in [0.05, 0.1) is 23.8 Å². The lowest BCUT2D eigenvalue weighted by Crippen LogP contribution is -2.37. The molecule has 25 heavy (non-hydrogen) atoms. The van der Waals surface area contributed by atoms with Crippen LogP contribution in [0.2, 0.25) is 0 Å². The summed E-state index contributed by atoms with van der Waals surface area (Å²) in [6.45, 7) is 2.30. The number of morpholine rings is 1. The van der Waals surface area contributed by atoms with E-state index in [9.17, 15) is 19.3 Å². The number of hydrogen-bond donors (Lipinski definition) is 1. The van der Waals surface area contributed by atoms with E-state index in [4.69, 9.17) is 4.74 Å². The van der Waals surface area contributed by atoms with E-state index >= 15 is 0 Å². The summed E-state index contributed by atoms with van der Waals surface area (Å²) in [5.74, 6) is -0.956. The van der Waals surface area contributed by atoms with Crippen LogP contribution in [0.15, 0.2) is 36.5 Å². The van der Waals surface area contributed by atoms with Crippen LogP contribution in [0.3, 0.4) is 0 Å². The number of anilines is 2. The SMILES string of the molecule is O=C(Nc1cccnc1N1CCOCC1)c1cc(F)ccc1[N+](=O)[O-]. The van der Waals surface area contributed by atoms with Crippen molar-refractivity contribution in [1.82, 2.24) is 4.98 Å². The topological polar surface area (TPSA) is 97.6 Å². The van der Waals surface area contributed by atoms with Gasteiger partial charge in [-0.2, -0.15) is 0 Å². The van der Waals surface area contributed by atoms with E-state index in [-0.39, 0.29) is 5.56 Å². The number of carbonyl (C=O) groups excluding carboxylic acids is 1. The number of nitro groups is 1. The van der Waals surface area contributed by atoms with Gasteiger partial charge < -0.3 is 15.0 Å². The average molecular weight is 346 g/mol. The second kappa shape index (κ2) is 7.22. The molecule has 1 fully saturated rings. The maximum absolute atomic E-state index is 13.4. The predicted octanol–water partition coefficient (Wildman–Crippen LogP) is 2.22. The standard InChI is InChI=1S/C16H15FN4O4/c17-11-3-4-14(21(23)24)12(10-11)16(22)19-13-2-1-5-18-15(13)20-6-8-25-9-7-20/h1-5,10H,6-9H2,(H,19,22). The highest BCUT2D eigenvalue weighted by atomic mass is 19.1. The van der Waals surface area contributed by atoms with Gasteiger partial charge in [-0.15, -0.1) is 0 Å². The van der Waals surface area contributed by atoms with Crippen molar-refractivity contribution in [2.75, 3.05) is 36.5 Å². The first-order valence-corrected chi connectivity index (χ1v) is 7.59. The highest BCUT2D eigenvalue weighted by molar-refractivity contribution is 6.08. The fraction of sp³-hybridized carbons (Fsp3) is 0.250. The number of hydrogen-bond acceptors (Lipinski definition) is 6. The molecule has 0 unspecified atom stereocenters. The molecule has 1 aromatic carbocycles. The lowest BCUT2D eigenvalue weighted by atomic mass is 10.1. The molecule has 1 saturated heterocycles. The molecule has 0 atom stereocenters. The first-order valence-electron chi connectivity index (χ1n) is 7.59. The van der Waals surface area contributed by atoms with Gasteiger partial charge in [-0.3, -0.25) is 14.9 Å². The maximum Gasteiger partial charge on any atom is 0.282 e. The van der Waals surface area contributed by atoms with Crippen LogP contribution in [0, 0.1) is 15.9 Å². The molecule has 1 N–H and O–H groups in total. The van der Waals surface area contributed by atoms with Crippen LogP contribution in [-0.4, -0.2) is 42.1 Å². The summed E-state index contributed by atoms with van der Waals surface area (Å²) >= 11 is 0. The zero-order valence-electron chi connectivity index (χ0n) is 13.1. The second-order valence-electron chi connectivity index (χ2n) is 5.35. The van der Waals surface area contributed by atoms with Crippen LogP contribution in [-0.2, 0) is 4.74 Å². The van der Waals surface area contributed by atoms with Gasteiger partial charge in [0.2, 0.25) is 0 Å². The number of benzene rings is 1. The van der Waals surface area contributed by atoms with Crippen LogP contribution < -0.4 is 10.2 Å². The van der Waals surface area contributed by atoms with E-state index in [2.05, 4.69) is 10.3 Å². The molecule has 8 nitrogen and oxygen atoms in total. The molecule has 1 aliphatic rings. The normalized spacial score (nSPS) is 14.2. The van der Waals surface area contributed by atoms with E-state index in [0.717, 1.165) is 18.2 Å². The number of rotatable bonds is 4. The third-order valence-electron chi connectivity index (χ3n) is 3.75. The molecule has 2 heterocycles. The van der Waals surface area contributed by atoms with Gasteiger partial charge in [0.25, 0.3) is 11.6 Å². The Morgan fingerprint density at radius 1 is 1.32 bits per heavy atom. The molecule has 2 aromatic rings. The van der Waals surface area contributed by atoms with E-state index in [0.29, 0.717) is 37.8 Å². The fourth-order valence-electron chi connectivity index (χ4n) is 2.56. The van der Waals surface area contributed by atoms with E-state index in [1.54, 1.807) is 18.3 Å². The monoisotopic (exact) mass is 346 g/mol. The van der Waals surface area contributed by atoms with Gasteiger partial charge in [-0.05, 0) is 24.3 Å². The molecule has 9 heteroatoms.